The molecule has 1 aliphatic heterocycles. The van der Waals surface area contributed by atoms with E-state index in [0.717, 1.165) is 22.5 Å². The Morgan fingerprint density at radius 3 is 1.60 bits per heavy atom. The van der Waals surface area contributed by atoms with Crippen LogP contribution in [-0.4, -0.2) is 30.2 Å². The van der Waals surface area contributed by atoms with Crippen molar-refractivity contribution in [3.05, 3.63) is 48.5 Å². The summed E-state index contributed by atoms with van der Waals surface area (Å²) in [5.74, 6) is 0. The highest BCUT2D eigenvalue weighted by molar-refractivity contribution is 7.80. The molecular formula is C19H20N2O2S2. The largest absolute Gasteiger partial charge is 0.471 e. The van der Waals surface area contributed by atoms with E-state index < -0.39 is 0 Å². The summed E-state index contributed by atoms with van der Waals surface area (Å²) in [5, 5.41) is 0.846. The van der Waals surface area contributed by atoms with Crippen molar-refractivity contribution in [3.8, 4) is 11.1 Å². The number of fused-ring (bicyclic) bond motifs is 3. The van der Waals surface area contributed by atoms with Gasteiger partial charge in [0, 0.05) is 11.1 Å². The third-order valence-electron chi connectivity index (χ3n) is 3.94. The minimum Gasteiger partial charge on any atom is -0.471 e. The summed E-state index contributed by atoms with van der Waals surface area (Å²) in [5.41, 5.74) is 4.16. The number of thiocarbonyl (C=S) groups is 2. The Labute approximate surface area is 159 Å². The van der Waals surface area contributed by atoms with Crippen LogP contribution in [0.4, 0.5) is 11.4 Å². The van der Waals surface area contributed by atoms with E-state index in [1.165, 1.54) is 0 Å². The molecule has 0 spiro atoms. The molecular weight excluding hydrogens is 352 g/mol. The van der Waals surface area contributed by atoms with Crippen LogP contribution in [0.25, 0.3) is 11.1 Å². The number of hydrogen-bond donors (Lipinski definition) is 0. The molecule has 0 saturated heterocycles. The maximum absolute atomic E-state index is 5.63. The lowest BCUT2D eigenvalue weighted by atomic mass is 10.0. The topological polar surface area (TPSA) is 24.9 Å². The van der Waals surface area contributed by atoms with Gasteiger partial charge < -0.3 is 9.47 Å². The van der Waals surface area contributed by atoms with E-state index in [0.29, 0.717) is 30.2 Å². The predicted molar refractivity (Wildman–Crippen MR) is 110 cm³/mol. The lowest BCUT2D eigenvalue weighted by molar-refractivity contribution is 0.322. The first-order valence-corrected chi connectivity index (χ1v) is 9.06. The number of para-hydroxylation sites is 2. The summed E-state index contributed by atoms with van der Waals surface area (Å²) in [7, 11) is 0. The van der Waals surface area contributed by atoms with Crippen LogP contribution in [-0.2, 0) is 9.47 Å². The van der Waals surface area contributed by atoms with Crippen molar-refractivity contribution in [1.29, 1.82) is 0 Å². The van der Waals surface area contributed by atoms with Crippen LogP contribution in [0.15, 0.2) is 48.5 Å². The van der Waals surface area contributed by atoms with Gasteiger partial charge in [-0.3, -0.25) is 9.80 Å². The lowest BCUT2D eigenvalue weighted by Gasteiger charge is -2.30. The van der Waals surface area contributed by atoms with E-state index >= 15 is 0 Å². The highest BCUT2D eigenvalue weighted by Gasteiger charge is 2.29. The van der Waals surface area contributed by atoms with Crippen LogP contribution < -0.4 is 9.80 Å². The number of benzene rings is 2. The van der Waals surface area contributed by atoms with Crippen molar-refractivity contribution in [2.45, 2.75) is 13.8 Å². The van der Waals surface area contributed by atoms with Gasteiger partial charge in [-0.2, -0.15) is 0 Å². The normalized spacial score (nSPS) is 12.7. The molecule has 2 aromatic rings. The molecule has 0 unspecified atom stereocenters. The van der Waals surface area contributed by atoms with Gasteiger partial charge in [0.15, 0.2) is 0 Å². The molecule has 0 radical (unpaired) electrons. The van der Waals surface area contributed by atoms with Gasteiger partial charge in [0.05, 0.1) is 24.6 Å². The van der Waals surface area contributed by atoms with Crippen LogP contribution in [0.5, 0.6) is 0 Å². The molecule has 0 aromatic heterocycles. The molecule has 0 saturated carbocycles. The van der Waals surface area contributed by atoms with Crippen LogP contribution in [0, 0.1) is 0 Å². The second-order valence-corrected chi connectivity index (χ2v) is 6.13. The lowest BCUT2D eigenvalue weighted by Crippen LogP contribution is -2.44. The fraction of sp³-hybridized carbons (Fsp3) is 0.263. The highest BCUT2D eigenvalue weighted by atomic mass is 32.1. The van der Waals surface area contributed by atoms with Gasteiger partial charge in [0.2, 0.25) is 0 Å². The first-order valence-electron chi connectivity index (χ1n) is 8.24. The van der Waals surface area contributed by atoms with Crippen molar-refractivity contribution < 1.29 is 9.47 Å². The van der Waals surface area contributed by atoms with Gasteiger partial charge in [0.25, 0.3) is 10.3 Å². The molecule has 130 valence electrons. The highest BCUT2D eigenvalue weighted by Crippen LogP contribution is 2.40. The number of rotatable bonds is 2. The predicted octanol–water partition coefficient (Wildman–Crippen LogP) is 4.58. The van der Waals surface area contributed by atoms with Crippen LogP contribution in [0.2, 0.25) is 0 Å². The van der Waals surface area contributed by atoms with Crippen LogP contribution in [0.3, 0.4) is 0 Å². The summed E-state index contributed by atoms with van der Waals surface area (Å²) >= 11 is 11.0. The van der Waals surface area contributed by atoms with Gasteiger partial charge in [-0.05, 0) is 50.4 Å². The van der Waals surface area contributed by atoms with E-state index in [-0.39, 0.29) is 0 Å². The Morgan fingerprint density at radius 2 is 1.20 bits per heavy atom. The fourth-order valence-electron chi connectivity index (χ4n) is 2.88. The molecule has 0 fully saturated rings. The molecule has 2 aromatic carbocycles. The Morgan fingerprint density at radius 1 is 0.800 bits per heavy atom. The van der Waals surface area contributed by atoms with E-state index in [1.807, 2.05) is 60.0 Å². The quantitative estimate of drug-likeness (QED) is 0.716. The Hall–Kier alpha value is -2.18. The van der Waals surface area contributed by atoms with Gasteiger partial charge >= 0.3 is 0 Å². The molecule has 0 N–H and O–H groups in total. The summed E-state index contributed by atoms with van der Waals surface area (Å²) in [6, 6.07) is 16.3. The number of hydrogen-bond acceptors (Lipinski definition) is 4. The zero-order valence-electron chi connectivity index (χ0n) is 14.3. The van der Waals surface area contributed by atoms with Crippen molar-refractivity contribution >= 4 is 46.2 Å². The summed E-state index contributed by atoms with van der Waals surface area (Å²) in [4.78, 5) is 3.92. The average Bonchev–Trinajstić information content (AvgIpc) is 2.77. The van der Waals surface area contributed by atoms with E-state index in [4.69, 9.17) is 33.9 Å². The average molecular weight is 373 g/mol. The second-order valence-electron chi connectivity index (χ2n) is 5.43. The Kier molecular flexibility index (Phi) is 5.50. The van der Waals surface area contributed by atoms with E-state index in [1.54, 1.807) is 0 Å². The van der Waals surface area contributed by atoms with Gasteiger partial charge in [0.1, 0.15) is 6.67 Å². The minimum absolute atomic E-state index is 0.423. The maximum atomic E-state index is 5.63. The van der Waals surface area contributed by atoms with E-state index in [9.17, 15) is 0 Å². The summed E-state index contributed by atoms with van der Waals surface area (Å²) < 4.78 is 11.3. The summed E-state index contributed by atoms with van der Waals surface area (Å²) in [6.07, 6.45) is 0. The van der Waals surface area contributed by atoms with E-state index in [2.05, 4.69) is 12.1 Å². The van der Waals surface area contributed by atoms with Crippen molar-refractivity contribution in [1.82, 2.24) is 0 Å². The Bertz CT molecular complexity index is 729. The van der Waals surface area contributed by atoms with Crippen molar-refractivity contribution in [3.63, 3.8) is 0 Å². The zero-order chi connectivity index (χ0) is 17.8. The molecule has 1 heterocycles. The SMILES string of the molecule is CCOC(=S)N1CN(C(=S)OCC)c2ccccc2-c2ccccc21. The molecule has 0 amide bonds. The van der Waals surface area contributed by atoms with Crippen LogP contribution in [0.1, 0.15) is 13.8 Å². The smallest absolute Gasteiger partial charge is 0.265 e. The van der Waals surface area contributed by atoms with Crippen LogP contribution >= 0.6 is 24.4 Å². The first kappa shape index (κ1) is 17.6. The second kappa shape index (κ2) is 7.80. The van der Waals surface area contributed by atoms with Gasteiger partial charge in [-0.15, -0.1) is 0 Å². The van der Waals surface area contributed by atoms with Crippen molar-refractivity contribution in [2.75, 3.05) is 29.7 Å². The minimum atomic E-state index is 0.423. The molecule has 4 nitrogen and oxygen atoms in total. The number of ether oxygens (including phenoxy) is 2. The standard InChI is InChI=1S/C19H20N2O2S2/c1-3-22-18(24)20-13-21(19(25)23-4-2)17-12-8-6-10-15(17)14-9-5-7-11-16(14)20/h5-12H,3-4,13H2,1-2H3. The number of anilines is 2. The number of nitrogens with zero attached hydrogens (tertiary/aromatic N) is 2. The molecule has 6 heteroatoms. The third kappa shape index (κ3) is 3.45. The zero-order valence-corrected chi connectivity index (χ0v) is 15.9. The van der Waals surface area contributed by atoms with Crippen molar-refractivity contribution in [2.24, 2.45) is 0 Å². The Balaban J connectivity index is 2.16. The molecule has 3 rings (SSSR count). The fourth-order valence-corrected chi connectivity index (χ4v) is 3.43. The third-order valence-corrected chi connectivity index (χ3v) is 4.62. The molecule has 25 heavy (non-hydrogen) atoms. The first-order chi connectivity index (χ1) is 12.2. The molecule has 0 atom stereocenters. The molecule has 0 aliphatic carbocycles. The maximum Gasteiger partial charge on any atom is 0.265 e. The van der Waals surface area contributed by atoms with Gasteiger partial charge in [-0.1, -0.05) is 36.4 Å². The summed E-state index contributed by atoms with van der Waals surface area (Å²) in [6.45, 7) is 5.31. The monoisotopic (exact) mass is 372 g/mol. The molecule has 1 aliphatic rings. The van der Waals surface area contributed by atoms with Gasteiger partial charge in [-0.25, -0.2) is 0 Å². The molecule has 0 bridgehead atoms.